The van der Waals surface area contributed by atoms with E-state index in [0.717, 1.165) is 16.3 Å². The standard InChI is InChI=1S/C14H17N3O2S/c1-16-14(18)9-19-11-4-2-3-10(7-11)17-8-13-12(15)5-6-20-13/h2-7,17H,8-9,15H2,1H3,(H,16,18). The highest BCUT2D eigenvalue weighted by molar-refractivity contribution is 7.10. The van der Waals surface area contributed by atoms with Gasteiger partial charge in [-0.25, -0.2) is 0 Å². The normalized spacial score (nSPS) is 10.1. The van der Waals surface area contributed by atoms with E-state index >= 15 is 0 Å². The SMILES string of the molecule is CNC(=O)COc1cccc(NCc2sccc2N)c1. The molecule has 20 heavy (non-hydrogen) atoms. The molecule has 0 atom stereocenters. The zero-order valence-corrected chi connectivity index (χ0v) is 12.0. The lowest BCUT2D eigenvalue weighted by atomic mass is 10.3. The third kappa shape index (κ3) is 3.89. The number of amides is 1. The molecule has 1 aromatic heterocycles. The van der Waals surface area contributed by atoms with Crippen molar-refractivity contribution >= 4 is 28.6 Å². The number of anilines is 2. The van der Waals surface area contributed by atoms with Crippen molar-refractivity contribution < 1.29 is 9.53 Å². The molecule has 2 rings (SSSR count). The van der Waals surface area contributed by atoms with Gasteiger partial charge in [-0.3, -0.25) is 4.79 Å². The highest BCUT2D eigenvalue weighted by Gasteiger charge is 2.03. The fraction of sp³-hybridized carbons (Fsp3) is 0.214. The lowest BCUT2D eigenvalue weighted by molar-refractivity contribution is -0.122. The predicted molar refractivity (Wildman–Crippen MR) is 82.1 cm³/mol. The molecule has 0 bridgehead atoms. The Labute approximate surface area is 121 Å². The van der Waals surface area contributed by atoms with Gasteiger partial charge in [0.2, 0.25) is 0 Å². The molecule has 2 aromatic rings. The lowest BCUT2D eigenvalue weighted by Gasteiger charge is -2.09. The van der Waals surface area contributed by atoms with Crippen LogP contribution in [0.3, 0.4) is 0 Å². The molecule has 0 aliphatic heterocycles. The van der Waals surface area contributed by atoms with Crippen molar-refractivity contribution in [2.24, 2.45) is 0 Å². The molecule has 106 valence electrons. The van der Waals surface area contributed by atoms with E-state index in [4.69, 9.17) is 10.5 Å². The number of hydrogen-bond acceptors (Lipinski definition) is 5. The van der Waals surface area contributed by atoms with Crippen LogP contribution in [0.4, 0.5) is 11.4 Å². The van der Waals surface area contributed by atoms with E-state index in [-0.39, 0.29) is 12.5 Å². The van der Waals surface area contributed by atoms with Gasteiger partial charge >= 0.3 is 0 Å². The van der Waals surface area contributed by atoms with Crippen LogP contribution in [0.5, 0.6) is 5.75 Å². The second-order valence-electron chi connectivity index (χ2n) is 4.14. The highest BCUT2D eigenvalue weighted by atomic mass is 32.1. The summed E-state index contributed by atoms with van der Waals surface area (Å²) in [5.74, 6) is 0.493. The van der Waals surface area contributed by atoms with Gasteiger partial charge in [-0.1, -0.05) is 6.07 Å². The van der Waals surface area contributed by atoms with Crippen molar-refractivity contribution in [3.8, 4) is 5.75 Å². The number of benzene rings is 1. The van der Waals surface area contributed by atoms with Gasteiger partial charge in [-0.2, -0.15) is 0 Å². The van der Waals surface area contributed by atoms with Gasteiger partial charge in [0, 0.05) is 29.4 Å². The maximum atomic E-state index is 11.1. The zero-order chi connectivity index (χ0) is 14.4. The summed E-state index contributed by atoms with van der Waals surface area (Å²) >= 11 is 1.62. The number of carbonyl (C=O) groups excluding carboxylic acids is 1. The van der Waals surface area contributed by atoms with Gasteiger partial charge in [0.05, 0.1) is 6.54 Å². The molecule has 1 heterocycles. The number of ether oxygens (including phenoxy) is 1. The number of hydrogen-bond donors (Lipinski definition) is 3. The first-order valence-electron chi connectivity index (χ1n) is 6.18. The quantitative estimate of drug-likeness (QED) is 0.761. The minimum atomic E-state index is -0.158. The van der Waals surface area contributed by atoms with Crippen LogP contribution < -0.4 is 21.1 Å². The van der Waals surface area contributed by atoms with Crippen LogP contribution in [0, 0.1) is 0 Å². The Morgan fingerprint density at radius 2 is 2.25 bits per heavy atom. The van der Waals surface area contributed by atoms with Crippen molar-refractivity contribution in [3.05, 3.63) is 40.6 Å². The third-order valence-corrected chi connectivity index (χ3v) is 3.65. The maximum Gasteiger partial charge on any atom is 0.257 e. The minimum Gasteiger partial charge on any atom is -0.484 e. The van der Waals surface area contributed by atoms with Gasteiger partial charge in [0.15, 0.2) is 6.61 Å². The summed E-state index contributed by atoms with van der Waals surface area (Å²) < 4.78 is 5.39. The van der Waals surface area contributed by atoms with Crippen LogP contribution in [0.25, 0.3) is 0 Å². The molecule has 0 unspecified atom stereocenters. The van der Waals surface area contributed by atoms with Crippen LogP contribution in [0.2, 0.25) is 0 Å². The Balaban J connectivity index is 1.92. The van der Waals surface area contributed by atoms with Crippen molar-refractivity contribution in [1.29, 1.82) is 0 Å². The molecule has 1 amide bonds. The van der Waals surface area contributed by atoms with Crippen LogP contribution in [-0.2, 0) is 11.3 Å². The molecule has 0 radical (unpaired) electrons. The molecule has 5 nitrogen and oxygen atoms in total. The Hall–Kier alpha value is -2.21. The van der Waals surface area contributed by atoms with E-state index in [2.05, 4.69) is 10.6 Å². The number of likely N-dealkylation sites (N-methyl/N-ethyl adjacent to an activating group) is 1. The van der Waals surface area contributed by atoms with Crippen LogP contribution in [0.1, 0.15) is 4.88 Å². The Morgan fingerprint density at radius 3 is 2.95 bits per heavy atom. The molecule has 0 saturated heterocycles. The largest absolute Gasteiger partial charge is 0.484 e. The van der Waals surface area contributed by atoms with Crippen LogP contribution in [0.15, 0.2) is 35.7 Å². The van der Waals surface area contributed by atoms with E-state index in [1.54, 1.807) is 18.4 Å². The number of rotatable bonds is 6. The number of thiophene rings is 1. The lowest BCUT2D eigenvalue weighted by Crippen LogP contribution is -2.24. The van der Waals surface area contributed by atoms with Gasteiger partial charge in [-0.15, -0.1) is 11.3 Å². The number of carbonyl (C=O) groups is 1. The maximum absolute atomic E-state index is 11.1. The molecule has 0 aliphatic rings. The summed E-state index contributed by atoms with van der Waals surface area (Å²) in [6.45, 7) is 0.681. The number of nitrogen functional groups attached to an aromatic ring is 1. The Bertz CT molecular complexity index is 583. The minimum absolute atomic E-state index is 0.0117. The van der Waals surface area contributed by atoms with E-state index < -0.39 is 0 Å². The summed E-state index contributed by atoms with van der Waals surface area (Å²) in [6.07, 6.45) is 0. The van der Waals surface area contributed by atoms with Gasteiger partial charge in [0.1, 0.15) is 5.75 Å². The smallest absolute Gasteiger partial charge is 0.257 e. The van der Waals surface area contributed by atoms with E-state index in [1.165, 1.54) is 0 Å². The molecule has 0 fully saturated rings. The highest BCUT2D eigenvalue weighted by Crippen LogP contribution is 2.22. The molecule has 1 aromatic carbocycles. The van der Waals surface area contributed by atoms with E-state index in [9.17, 15) is 4.79 Å². The van der Waals surface area contributed by atoms with Crippen molar-refractivity contribution in [2.45, 2.75) is 6.54 Å². The summed E-state index contributed by atoms with van der Waals surface area (Å²) in [5.41, 5.74) is 7.56. The number of nitrogens with one attached hydrogen (secondary N) is 2. The summed E-state index contributed by atoms with van der Waals surface area (Å²) in [4.78, 5) is 12.2. The topological polar surface area (TPSA) is 76.4 Å². The first kappa shape index (κ1) is 14.2. The first-order chi connectivity index (χ1) is 9.69. The zero-order valence-electron chi connectivity index (χ0n) is 11.2. The average Bonchev–Trinajstić information content (AvgIpc) is 2.88. The van der Waals surface area contributed by atoms with Crippen molar-refractivity contribution in [2.75, 3.05) is 24.7 Å². The van der Waals surface area contributed by atoms with E-state index in [0.29, 0.717) is 12.3 Å². The molecule has 0 saturated carbocycles. The van der Waals surface area contributed by atoms with Gasteiger partial charge in [0.25, 0.3) is 5.91 Å². The second kappa shape index (κ2) is 6.81. The summed E-state index contributed by atoms with van der Waals surface area (Å²) in [6, 6.07) is 9.38. The summed E-state index contributed by atoms with van der Waals surface area (Å²) in [7, 11) is 1.58. The molecule has 0 spiro atoms. The number of nitrogens with two attached hydrogens (primary N) is 1. The molecular weight excluding hydrogens is 274 g/mol. The fourth-order valence-corrected chi connectivity index (χ4v) is 2.33. The van der Waals surface area contributed by atoms with Gasteiger partial charge in [-0.05, 0) is 23.6 Å². The second-order valence-corrected chi connectivity index (χ2v) is 5.14. The fourth-order valence-electron chi connectivity index (χ4n) is 1.59. The first-order valence-corrected chi connectivity index (χ1v) is 7.06. The molecular formula is C14H17N3O2S. The van der Waals surface area contributed by atoms with Crippen molar-refractivity contribution in [3.63, 3.8) is 0 Å². The summed E-state index contributed by atoms with van der Waals surface area (Å²) in [5, 5.41) is 7.75. The molecule has 0 aliphatic carbocycles. The van der Waals surface area contributed by atoms with Gasteiger partial charge < -0.3 is 21.1 Å². The van der Waals surface area contributed by atoms with Crippen LogP contribution in [-0.4, -0.2) is 19.6 Å². The van der Waals surface area contributed by atoms with Crippen molar-refractivity contribution in [1.82, 2.24) is 5.32 Å². The van der Waals surface area contributed by atoms with E-state index in [1.807, 2.05) is 35.7 Å². The average molecular weight is 291 g/mol. The predicted octanol–water partition coefficient (Wildman–Crippen LogP) is 2.07. The third-order valence-electron chi connectivity index (χ3n) is 2.72. The molecule has 6 heteroatoms. The monoisotopic (exact) mass is 291 g/mol. The Kier molecular flexibility index (Phi) is 4.84. The van der Waals surface area contributed by atoms with Crippen LogP contribution >= 0.6 is 11.3 Å². The Morgan fingerprint density at radius 1 is 1.40 bits per heavy atom. The molecule has 4 N–H and O–H groups in total.